The van der Waals surface area contributed by atoms with Crippen molar-refractivity contribution in [3.05, 3.63) is 71.1 Å². The molecule has 0 unspecified atom stereocenters. The second kappa shape index (κ2) is 10.2. The van der Waals surface area contributed by atoms with E-state index in [9.17, 15) is 22.4 Å². The molecule has 178 valence electrons. The van der Waals surface area contributed by atoms with Crippen molar-refractivity contribution in [1.29, 1.82) is 0 Å². The van der Waals surface area contributed by atoms with Crippen LogP contribution in [0, 0.1) is 29.2 Å². The number of anilines is 1. The third-order valence-electron chi connectivity index (χ3n) is 5.99. The van der Waals surface area contributed by atoms with E-state index in [2.05, 4.69) is 14.9 Å². The van der Waals surface area contributed by atoms with Gasteiger partial charge in [0.15, 0.2) is 23.7 Å². The Balaban J connectivity index is 1.39. The molecule has 0 amide bonds. The van der Waals surface area contributed by atoms with Crippen LogP contribution in [0.1, 0.15) is 35.7 Å². The number of piperidine rings is 1. The van der Waals surface area contributed by atoms with Gasteiger partial charge in [-0.1, -0.05) is 6.92 Å². The predicted octanol–water partition coefficient (Wildman–Crippen LogP) is 5.37. The number of carbonyl (C=O) groups excluding carboxylic acids is 1. The van der Waals surface area contributed by atoms with Crippen molar-refractivity contribution >= 4 is 12.2 Å². The lowest BCUT2D eigenvalue weighted by molar-refractivity contribution is 0.111. The van der Waals surface area contributed by atoms with E-state index < -0.39 is 34.6 Å². The van der Waals surface area contributed by atoms with Crippen molar-refractivity contribution in [3.63, 3.8) is 0 Å². The minimum absolute atomic E-state index is 0.0477. The number of carbonyl (C=O) groups is 1. The van der Waals surface area contributed by atoms with Gasteiger partial charge in [0, 0.05) is 25.5 Å². The molecule has 0 aliphatic carbocycles. The molecular weight excluding hydrogens is 450 g/mol. The lowest BCUT2D eigenvalue weighted by atomic mass is 9.98. The molecule has 1 saturated heterocycles. The van der Waals surface area contributed by atoms with Gasteiger partial charge in [0.1, 0.15) is 11.6 Å². The zero-order chi connectivity index (χ0) is 24.2. The Hall–Kier alpha value is -3.49. The van der Waals surface area contributed by atoms with Gasteiger partial charge in [0.2, 0.25) is 5.95 Å². The highest BCUT2D eigenvalue weighted by Gasteiger charge is 2.23. The van der Waals surface area contributed by atoms with Crippen LogP contribution in [0.3, 0.4) is 0 Å². The Morgan fingerprint density at radius 1 is 0.941 bits per heavy atom. The molecule has 3 aromatic rings. The summed E-state index contributed by atoms with van der Waals surface area (Å²) in [5.74, 6) is -3.93. The Kier molecular flexibility index (Phi) is 7.09. The second-order valence-electron chi connectivity index (χ2n) is 8.23. The molecule has 34 heavy (non-hydrogen) atoms. The number of rotatable bonds is 7. The highest BCUT2D eigenvalue weighted by atomic mass is 19.1. The molecule has 9 heteroatoms. The summed E-state index contributed by atoms with van der Waals surface area (Å²) in [4.78, 5) is 21.6. The maximum absolute atomic E-state index is 14.6. The largest absolute Gasteiger partial charge is 0.487 e. The number of ether oxygens (including phenoxy) is 1. The van der Waals surface area contributed by atoms with Gasteiger partial charge in [-0.2, -0.15) is 0 Å². The molecule has 2 aromatic carbocycles. The standard InChI is InChI=1S/C25H23F4N3O2/c1-2-15-11-30-25(31-12-15)32-5-3-16(4-6-32)14-34-24-22(28)9-18(10-23(24)29)17-7-20(26)19(13-33)21(27)8-17/h7-13,16H,2-6,14H2,1H3. The van der Waals surface area contributed by atoms with Gasteiger partial charge < -0.3 is 9.64 Å². The number of nitrogens with zero attached hydrogens (tertiary/aromatic N) is 3. The Bertz CT molecular complexity index is 1130. The third kappa shape index (κ3) is 5.03. The molecule has 2 heterocycles. The fourth-order valence-corrected chi connectivity index (χ4v) is 3.92. The average Bonchev–Trinajstić information content (AvgIpc) is 2.83. The van der Waals surface area contributed by atoms with E-state index in [1.807, 2.05) is 19.3 Å². The number of aldehydes is 1. The molecule has 0 bridgehead atoms. The lowest BCUT2D eigenvalue weighted by Crippen LogP contribution is -2.36. The predicted molar refractivity (Wildman–Crippen MR) is 119 cm³/mol. The van der Waals surface area contributed by atoms with Gasteiger partial charge in [-0.3, -0.25) is 4.79 Å². The van der Waals surface area contributed by atoms with Gasteiger partial charge in [-0.05, 0) is 66.1 Å². The summed E-state index contributed by atoms with van der Waals surface area (Å²) < 4.78 is 62.4. The van der Waals surface area contributed by atoms with Crippen molar-refractivity contribution in [2.45, 2.75) is 26.2 Å². The van der Waals surface area contributed by atoms with Crippen LogP contribution in [0.4, 0.5) is 23.5 Å². The highest BCUT2D eigenvalue weighted by molar-refractivity contribution is 5.78. The molecule has 1 aromatic heterocycles. The first kappa shape index (κ1) is 23.7. The topological polar surface area (TPSA) is 55.3 Å². The highest BCUT2D eigenvalue weighted by Crippen LogP contribution is 2.31. The quantitative estimate of drug-likeness (QED) is 0.341. The van der Waals surface area contributed by atoms with E-state index in [0.29, 0.717) is 19.0 Å². The van der Waals surface area contributed by atoms with Crippen LogP contribution in [-0.4, -0.2) is 36.0 Å². The molecule has 0 radical (unpaired) electrons. The van der Waals surface area contributed by atoms with Crippen LogP contribution in [0.2, 0.25) is 0 Å². The molecule has 4 rings (SSSR count). The van der Waals surface area contributed by atoms with Gasteiger partial charge in [0.25, 0.3) is 0 Å². The Morgan fingerprint density at radius 3 is 1.97 bits per heavy atom. The van der Waals surface area contributed by atoms with Crippen molar-refractivity contribution in [3.8, 4) is 16.9 Å². The van der Waals surface area contributed by atoms with Crippen LogP contribution < -0.4 is 9.64 Å². The zero-order valence-electron chi connectivity index (χ0n) is 18.5. The summed E-state index contributed by atoms with van der Waals surface area (Å²) in [5.41, 5.74) is 0.169. The van der Waals surface area contributed by atoms with Crippen LogP contribution in [0.5, 0.6) is 5.75 Å². The van der Waals surface area contributed by atoms with E-state index in [1.54, 1.807) is 0 Å². The summed E-state index contributed by atoms with van der Waals surface area (Å²) in [5, 5.41) is 0. The maximum Gasteiger partial charge on any atom is 0.225 e. The van der Waals surface area contributed by atoms with Crippen molar-refractivity contribution < 1.29 is 27.1 Å². The average molecular weight is 473 g/mol. The van der Waals surface area contributed by atoms with Gasteiger partial charge >= 0.3 is 0 Å². The third-order valence-corrected chi connectivity index (χ3v) is 5.99. The number of aryl methyl sites for hydroxylation is 1. The fourth-order valence-electron chi connectivity index (χ4n) is 3.92. The first-order valence-corrected chi connectivity index (χ1v) is 11.0. The molecule has 0 spiro atoms. The minimum Gasteiger partial charge on any atom is -0.487 e. The SMILES string of the molecule is CCc1cnc(N2CCC(COc3c(F)cc(-c4cc(F)c(C=O)c(F)c4)cc3F)CC2)nc1. The number of hydrogen-bond donors (Lipinski definition) is 0. The summed E-state index contributed by atoms with van der Waals surface area (Å²) in [6.45, 7) is 3.58. The van der Waals surface area contributed by atoms with Gasteiger partial charge in [-0.25, -0.2) is 27.5 Å². The molecule has 0 N–H and O–H groups in total. The van der Waals surface area contributed by atoms with E-state index in [0.717, 1.165) is 49.1 Å². The molecule has 1 aliphatic heterocycles. The van der Waals surface area contributed by atoms with E-state index in [1.165, 1.54) is 0 Å². The number of hydrogen-bond acceptors (Lipinski definition) is 5. The monoisotopic (exact) mass is 473 g/mol. The summed E-state index contributed by atoms with van der Waals surface area (Å²) >= 11 is 0. The molecule has 1 aliphatic rings. The van der Waals surface area contributed by atoms with Gasteiger partial charge in [0.05, 0.1) is 12.2 Å². The second-order valence-corrected chi connectivity index (χ2v) is 8.23. The lowest BCUT2D eigenvalue weighted by Gasteiger charge is -2.31. The van der Waals surface area contributed by atoms with Crippen LogP contribution >= 0.6 is 0 Å². The number of aromatic nitrogens is 2. The Morgan fingerprint density at radius 2 is 1.47 bits per heavy atom. The molecule has 0 saturated carbocycles. The van der Waals surface area contributed by atoms with Crippen LogP contribution in [0.15, 0.2) is 36.7 Å². The van der Waals surface area contributed by atoms with Crippen LogP contribution in [-0.2, 0) is 6.42 Å². The molecule has 1 fully saturated rings. The Labute approximate surface area is 194 Å². The number of halogens is 4. The molecule has 5 nitrogen and oxygen atoms in total. The van der Waals surface area contributed by atoms with Gasteiger partial charge in [-0.15, -0.1) is 0 Å². The van der Waals surface area contributed by atoms with E-state index >= 15 is 0 Å². The first-order valence-electron chi connectivity index (χ1n) is 11.0. The smallest absolute Gasteiger partial charge is 0.225 e. The minimum atomic E-state index is -1.11. The van der Waals surface area contributed by atoms with E-state index in [-0.39, 0.29) is 29.9 Å². The first-order chi connectivity index (χ1) is 16.4. The van der Waals surface area contributed by atoms with Crippen molar-refractivity contribution in [1.82, 2.24) is 9.97 Å². The van der Waals surface area contributed by atoms with Crippen molar-refractivity contribution in [2.75, 3.05) is 24.6 Å². The fraction of sp³-hybridized carbons (Fsp3) is 0.320. The van der Waals surface area contributed by atoms with Crippen molar-refractivity contribution in [2.24, 2.45) is 5.92 Å². The van der Waals surface area contributed by atoms with Crippen LogP contribution in [0.25, 0.3) is 11.1 Å². The summed E-state index contributed by atoms with van der Waals surface area (Å²) in [7, 11) is 0. The summed E-state index contributed by atoms with van der Waals surface area (Å²) in [6, 6.07) is 3.62. The zero-order valence-corrected chi connectivity index (χ0v) is 18.5. The number of benzene rings is 2. The normalized spacial score (nSPS) is 14.3. The molecule has 0 atom stereocenters. The molecular formula is C25H23F4N3O2. The maximum atomic E-state index is 14.6. The summed E-state index contributed by atoms with van der Waals surface area (Å²) in [6.07, 6.45) is 6.04. The van der Waals surface area contributed by atoms with E-state index in [4.69, 9.17) is 4.74 Å².